The lowest BCUT2D eigenvalue weighted by atomic mass is 10.3. The van der Waals surface area contributed by atoms with Crippen molar-refractivity contribution < 1.29 is 9.47 Å². The van der Waals surface area contributed by atoms with E-state index in [0.717, 1.165) is 59.0 Å². The quantitative estimate of drug-likeness (QED) is 0.623. The topological polar surface area (TPSA) is 33.7 Å². The van der Waals surface area contributed by atoms with E-state index in [2.05, 4.69) is 24.1 Å². The third kappa shape index (κ3) is 6.43. The Morgan fingerprint density at radius 3 is 2.62 bits per heavy atom. The first-order chi connectivity index (χ1) is 7.83. The van der Waals surface area contributed by atoms with Crippen LogP contribution in [0.15, 0.2) is 0 Å². The Hall–Kier alpha value is -0.160. The molecule has 1 rings (SSSR count). The summed E-state index contributed by atoms with van der Waals surface area (Å²) in [5, 5.41) is 3.34. The van der Waals surface area contributed by atoms with Crippen molar-refractivity contribution in [3.63, 3.8) is 0 Å². The molecule has 1 fully saturated rings. The summed E-state index contributed by atoms with van der Waals surface area (Å²) in [7, 11) is 0. The van der Waals surface area contributed by atoms with Crippen molar-refractivity contribution in [3.05, 3.63) is 0 Å². The molecule has 1 aliphatic rings. The average molecular weight is 230 g/mol. The molecule has 1 aliphatic heterocycles. The fourth-order valence-electron chi connectivity index (χ4n) is 1.66. The fourth-order valence-corrected chi connectivity index (χ4v) is 1.66. The number of nitrogens with one attached hydrogen (secondary N) is 1. The Bertz CT molecular complexity index is 161. The molecule has 0 aromatic heterocycles. The largest absolute Gasteiger partial charge is 0.378 e. The highest BCUT2D eigenvalue weighted by atomic mass is 16.5. The molecule has 0 amide bonds. The molecular weight excluding hydrogens is 204 g/mol. The first kappa shape index (κ1) is 13.9. The number of rotatable bonds is 8. The van der Waals surface area contributed by atoms with Crippen molar-refractivity contribution in [1.82, 2.24) is 10.2 Å². The normalized spacial score (nSPS) is 19.9. The van der Waals surface area contributed by atoms with Gasteiger partial charge in [-0.15, -0.1) is 0 Å². The van der Waals surface area contributed by atoms with Gasteiger partial charge in [0, 0.05) is 32.7 Å². The molecule has 1 heterocycles. The minimum absolute atomic E-state index is 0.358. The molecule has 0 radical (unpaired) electrons. The predicted octanol–water partition coefficient (Wildman–Crippen LogP) is 0.723. The SMILES string of the molecule is CCC(C)OCCOCCN1CCNCC1. The molecule has 16 heavy (non-hydrogen) atoms. The van der Waals surface area contributed by atoms with Gasteiger partial charge in [-0.1, -0.05) is 6.92 Å². The minimum atomic E-state index is 0.358. The number of piperazine rings is 1. The highest BCUT2D eigenvalue weighted by molar-refractivity contribution is 4.66. The smallest absolute Gasteiger partial charge is 0.0704 e. The Morgan fingerprint density at radius 2 is 1.94 bits per heavy atom. The molecule has 1 atom stereocenters. The summed E-state index contributed by atoms with van der Waals surface area (Å²) in [6, 6.07) is 0. The Balaban J connectivity index is 1.84. The molecule has 0 aliphatic carbocycles. The van der Waals surface area contributed by atoms with E-state index in [-0.39, 0.29) is 0 Å². The van der Waals surface area contributed by atoms with Gasteiger partial charge in [-0.25, -0.2) is 0 Å². The van der Waals surface area contributed by atoms with Crippen LogP contribution in [0.2, 0.25) is 0 Å². The second-order valence-corrected chi connectivity index (χ2v) is 4.29. The number of nitrogens with zero attached hydrogens (tertiary/aromatic N) is 1. The van der Waals surface area contributed by atoms with Gasteiger partial charge in [-0.05, 0) is 13.3 Å². The summed E-state index contributed by atoms with van der Waals surface area (Å²) in [5.41, 5.74) is 0. The van der Waals surface area contributed by atoms with Crippen LogP contribution in [-0.4, -0.2) is 63.5 Å². The highest BCUT2D eigenvalue weighted by Crippen LogP contribution is 1.95. The van der Waals surface area contributed by atoms with E-state index in [1.54, 1.807) is 0 Å². The van der Waals surface area contributed by atoms with Crippen LogP contribution >= 0.6 is 0 Å². The van der Waals surface area contributed by atoms with Gasteiger partial charge in [-0.2, -0.15) is 0 Å². The van der Waals surface area contributed by atoms with Crippen LogP contribution < -0.4 is 5.32 Å². The van der Waals surface area contributed by atoms with Crippen LogP contribution in [0.25, 0.3) is 0 Å². The van der Waals surface area contributed by atoms with Crippen molar-refractivity contribution in [2.24, 2.45) is 0 Å². The second kappa shape index (κ2) is 8.93. The van der Waals surface area contributed by atoms with E-state index in [4.69, 9.17) is 9.47 Å². The molecule has 96 valence electrons. The lowest BCUT2D eigenvalue weighted by molar-refractivity contribution is 0.00587. The first-order valence-corrected chi connectivity index (χ1v) is 6.45. The molecule has 4 heteroatoms. The maximum Gasteiger partial charge on any atom is 0.0704 e. The van der Waals surface area contributed by atoms with Gasteiger partial charge in [0.05, 0.1) is 25.9 Å². The maximum atomic E-state index is 5.54. The molecule has 0 bridgehead atoms. The highest BCUT2D eigenvalue weighted by Gasteiger charge is 2.08. The van der Waals surface area contributed by atoms with Gasteiger partial charge in [0.1, 0.15) is 0 Å². The number of hydrogen-bond donors (Lipinski definition) is 1. The molecule has 0 aromatic rings. The number of ether oxygens (including phenoxy) is 2. The number of hydrogen-bond acceptors (Lipinski definition) is 4. The van der Waals surface area contributed by atoms with Crippen molar-refractivity contribution in [2.45, 2.75) is 26.4 Å². The van der Waals surface area contributed by atoms with Gasteiger partial charge in [0.2, 0.25) is 0 Å². The Labute approximate surface area is 99.3 Å². The van der Waals surface area contributed by atoms with Crippen molar-refractivity contribution in [1.29, 1.82) is 0 Å². The van der Waals surface area contributed by atoms with Crippen molar-refractivity contribution >= 4 is 0 Å². The van der Waals surface area contributed by atoms with E-state index in [9.17, 15) is 0 Å². The lowest BCUT2D eigenvalue weighted by Crippen LogP contribution is -2.44. The minimum Gasteiger partial charge on any atom is -0.378 e. The molecule has 0 spiro atoms. The van der Waals surface area contributed by atoms with Gasteiger partial charge >= 0.3 is 0 Å². The summed E-state index contributed by atoms with van der Waals surface area (Å²) < 4.78 is 11.1. The maximum absolute atomic E-state index is 5.54. The van der Waals surface area contributed by atoms with Crippen LogP contribution in [-0.2, 0) is 9.47 Å². The van der Waals surface area contributed by atoms with Gasteiger partial charge in [0.25, 0.3) is 0 Å². The lowest BCUT2D eigenvalue weighted by Gasteiger charge is -2.26. The standard InChI is InChI=1S/C12H26N2O2/c1-3-12(2)16-11-10-15-9-8-14-6-4-13-5-7-14/h12-13H,3-11H2,1-2H3. The van der Waals surface area contributed by atoms with Crippen molar-refractivity contribution in [2.75, 3.05) is 52.5 Å². The van der Waals surface area contributed by atoms with Crippen LogP contribution in [0.1, 0.15) is 20.3 Å². The van der Waals surface area contributed by atoms with E-state index in [0.29, 0.717) is 6.10 Å². The second-order valence-electron chi connectivity index (χ2n) is 4.29. The van der Waals surface area contributed by atoms with E-state index in [1.807, 2.05) is 0 Å². The Morgan fingerprint density at radius 1 is 1.19 bits per heavy atom. The summed E-state index contributed by atoms with van der Waals surface area (Å²) in [5.74, 6) is 0. The molecule has 1 unspecified atom stereocenters. The Kier molecular flexibility index (Phi) is 7.76. The van der Waals surface area contributed by atoms with Crippen LogP contribution in [0, 0.1) is 0 Å². The third-order valence-corrected chi connectivity index (χ3v) is 2.97. The van der Waals surface area contributed by atoms with Crippen LogP contribution in [0.4, 0.5) is 0 Å². The summed E-state index contributed by atoms with van der Waals surface area (Å²) >= 11 is 0. The zero-order valence-electron chi connectivity index (χ0n) is 10.7. The van der Waals surface area contributed by atoms with Crippen LogP contribution in [0.5, 0.6) is 0 Å². The molecule has 0 aromatic carbocycles. The fraction of sp³-hybridized carbons (Fsp3) is 1.00. The summed E-state index contributed by atoms with van der Waals surface area (Å²) in [6.45, 7) is 12.0. The molecule has 0 saturated carbocycles. The predicted molar refractivity (Wildman–Crippen MR) is 65.8 cm³/mol. The molecule has 4 nitrogen and oxygen atoms in total. The van der Waals surface area contributed by atoms with E-state index >= 15 is 0 Å². The summed E-state index contributed by atoms with van der Waals surface area (Å²) in [6.07, 6.45) is 1.43. The van der Waals surface area contributed by atoms with Crippen molar-refractivity contribution in [3.8, 4) is 0 Å². The third-order valence-electron chi connectivity index (χ3n) is 2.97. The molecule has 1 N–H and O–H groups in total. The zero-order valence-corrected chi connectivity index (χ0v) is 10.7. The van der Waals surface area contributed by atoms with Gasteiger partial charge in [0.15, 0.2) is 0 Å². The van der Waals surface area contributed by atoms with Gasteiger partial charge in [-0.3, -0.25) is 4.90 Å². The summed E-state index contributed by atoms with van der Waals surface area (Å²) in [4.78, 5) is 2.44. The monoisotopic (exact) mass is 230 g/mol. The van der Waals surface area contributed by atoms with Gasteiger partial charge < -0.3 is 14.8 Å². The molecular formula is C12H26N2O2. The van der Waals surface area contributed by atoms with E-state index < -0.39 is 0 Å². The molecule has 1 saturated heterocycles. The van der Waals surface area contributed by atoms with E-state index in [1.165, 1.54) is 0 Å². The zero-order chi connectivity index (χ0) is 11.6. The average Bonchev–Trinajstić information content (AvgIpc) is 2.34. The first-order valence-electron chi connectivity index (χ1n) is 6.45. The van der Waals surface area contributed by atoms with Crippen LogP contribution in [0.3, 0.4) is 0 Å².